The highest BCUT2D eigenvalue weighted by Gasteiger charge is 2.08. The number of hydrogen-bond donors (Lipinski definition) is 1. The Morgan fingerprint density at radius 1 is 0.643 bits per heavy atom. The van der Waals surface area contributed by atoms with Crippen LogP contribution in [-0.2, 0) is 0 Å². The van der Waals surface area contributed by atoms with Crippen molar-refractivity contribution in [2.24, 2.45) is 0 Å². The molecule has 0 saturated carbocycles. The van der Waals surface area contributed by atoms with Crippen molar-refractivity contribution in [1.82, 2.24) is 5.32 Å². The minimum atomic E-state index is 1.16. The third-order valence-corrected chi connectivity index (χ3v) is 4.86. The van der Waals surface area contributed by atoms with Crippen LogP contribution in [0.2, 0.25) is 0 Å². The number of nitrogens with zero attached hydrogens (tertiary/aromatic N) is 2. The Morgan fingerprint density at radius 2 is 1.07 bits per heavy atom. The summed E-state index contributed by atoms with van der Waals surface area (Å²) in [5, 5.41) is 5.46. The van der Waals surface area contributed by atoms with Crippen LogP contribution in [-0.4, -0.2) is 35.2 Å². The Morgan fingerprint density at radius 3 is 1.43 bits per heavy atom. The fourth-order valence-electron chi connectivity index (χ4n) is 3.27. The maximum absolute atomic E-state index is 3.09. The maximum atomic E-state index is 3.09. The van der Waals surface area contributed by atoms with Gasteiger partial charge in [0.15, 0.2) is 0 Å². The van der Waals surface area contributed by atoms with E-state index in [2.05, 4.69) is 116 Å². The molecule has 3 heteroatoms. The number of anilines is 2. The summed E-state index contributed by atoms with van der Waals surface area (Å²) in [7, 11) is 10.2. The molecule has 0 radical (unpaired) electrons. The first-order valence-electron chi connectivity index (χ1n) is 9.53. The minimum Gasteiger partial charge on any atom is -0.393 e. The number of hydrogen-bond acceptors (Lipinski definition) is 3. The van der Waals surface area contributed by atoms with Crippen LogP contribution in [0.5, 0.6) is 0 Å². The van der Waals surface area contributed by atoms with Crippen LogP contribution in [0.3, 0.4) is 0 Å². The molecule has 0 aliphatic rings. The van der Waals surface area contributed by atoms with Gasteiger partial charge in [-0.2, -0.15) is 0 Å². The molecule has 3 aromatic rings. The molecular weight excluding hydrogens is 342 g/mol. The number of nitrogens with one attached hydrogen (secondary N) is 1. The van der Waals surface area contributed by atoms with E-state index in [1.165, 1.54) is 33.3 Å². The molecule has 1 N–H and O–H groups in total. The van der Waals surface area contributed by atoms with Gasteiger partial charge < -0.3 is 15.1 Å². The maximum Gasteiger partial charge on any atom is 0.0361 e. The van der Waals surface area contributed by atoms with Crippen LogP contribution in [0.15, 0.2) is 72.8 Å². The lowest BCUT2D eigenvalue weighted by Crippen LogP contribution is -2.14. The van der Waals surface area contributed by atoms with Crippen LogP contribution in [0.1, 0.15) is 11.1 Å². The monoisotopic (exact) mass is 371 g/mol. The normalized spacial score (nSPS) is 10.3. The highest BCUT2D eigenvalue weighted by Crippen LogP contribution is 2.25. The molecule has 0 saturated heterocycles. The topological polar surface area (TPSA) is 18.5 Å². The van der Waals surface area contributed by atoms with Gasteiger partial charge >= 0.3 is 0 Å². The molecule has 0 aliphatic heterocycles. The molecule has 28 heavy (non-hydrogen) atoms. The van der Waals surface area contributed by atoms with Gasteiger partial charge in [-0.3, -0.25) is 0 Å². The standard InChI is InChI=1S/C25H29N3/c1-26-18-19-6-8-20(9-7-19)25(21-10-14-23(15-11-21)27(2)3)22-12-16-24(17-13-22)28(4)5/h6-18,26H,1-5H3. The zero-order valence-electron chi connectivity index (χ0n) is 17.4. The zero-order valence-corrected chi connectivity index (χ0v) is 17.4. The average Bonchev–Trinajstić information content (AvgIpc) is 2.70. The Labute approximate surface area is 168 Å². The highest BCUT2D eigenvalue weighted by molar-refractivity contribution is 5.80. The molecule has 0 bridgehead atoms. The van der Waals surface area contributed by atoms with E-state index in [4.69, 9.17) is 0 Å². The lowest BCUT2D eigenvalue weighted by atomic mass is 9.95. The van der Waals surface area contributed by atoms with Gasteiger partial charge in [-0.15, -0.1) is 0 Å². The molecule has 0 spiro atoms. The van der Waals surface area contributed by atoms with Gasteiger partial charge in [0.05, 0.1) is 0 Å². The molecule has 0 aromatic heterocycles. The molecule has 0 fully saturated rings. The van der Waals surface area contributed by atoms with E-state index < -0.39 is 0 Å². The number of rotatable bonds is 5. The molecular formula is C25H29N3. The summed E-state index contributed by atoms with van der Waals surface area (Å²) in [5.74, 6) is 0. The molecule has 144 valence electrons. The van der Waals surface area contributed by atoms with Gasteiger partial charge in [-0.1, -0.05) is 48.5 Å². The molecule has 3 aromatic carbocycles. The van der Waals surface area contributed by atoms with Crippen molar-refractivity contribution in [2.75, 3.05) is 45.0 Å². The second-order valence-corrected chi connectivity index (χ2v) is 7.31. The van der Waals surface area contributed by atoms with Crippen molar-refractivity contribution in [3.8, 4) is 0 Å². The molecule has 0 atom stereocenters. The van der Waals surface area contributed by atoms with Gasteiger partial charge in [-0.05, 0) is 51.4 Å². The average molecular weight is 372 g/mol. The molecule has 0 unspecified atom stereocenters. The Balaban J connectivity index is 2.18. The fourth-order valence-corrected chi connectivity index (χ4v) is 3.27. The second-order valence-electron chi connectivity index (χ2n) is 7.31. The first kappa shape index (κ1) is 19.6. The molecule has 0 aliphatic carbocycles. The summed E-state index contributed by atoms with van der Waals surface area (Å²) in [6.45, 7) is 0. The van der Waals surface area contributed by atoms with Gasteiger partial charge in [0.2, 0.25) is 0 Å². The summed E-state index contributed by atoms with van der Waals surface area (Å²) < 4.78 is 0. The van der Waals surface area contributed by atoms with Crippen molar-refractivity contribution in [3.05, 3.63) is 94.4 Å². The summed E-state index contributed by atoms with van der Waals surface area (Å²) in [5.41, 5.74) is 6.07. The third-order valence-electron chi connectivity index (χ3n) is 4.86. The summed E-state index contributed by atoms with van der Waals surface area (Å²) >= 11 is 0. The fraction of sp³-hybridized carbons (Fsp3) is 0.200. The van der Waals surface area contributed by atoms with Crippen molar-refractivity contribution < 1.29 is 0 Å². The van der Waals surface area contributed by atoms with E-state index in [9.17, 15) is 0 Å². The second kappa shape index (κ2) is 8.66. The SMILES string of the molecule is CNC=c1ccc(=C(c2ccc(N(C)C)cc2)c2ccc(N(C)C)cc2)cc1. The molecule has 0 amide bonds. The first-order chi connectivity index (χ1) is 13.5. The zero-order chi connectivity index (χ0) is 20.1. The third kappa shape index (κ3) is 4.37. The van der Waals surface area contributed by atoms with E-state index in [0.717, 1.165) is 5.22 Å². The Hall–Kier alpha value is -3.20. The van der Waals surface area contributed by atoms with E-state index in [0.29, 0.717) is 0 Å². The smallest absolute Gasteiger partial charge is 0.0361 e. The lowest BCUT2D eigenvalue weighted by molar-refractivity contribution is 1.13. The van der Waals surface area contributed by atoms with Crippen LogP contribution in [0.4, 0.5) is 11.4 Å². The first-order valence-corrected chi connectivity index (χ1v) is 9.53. The van der Waals surface area contributed by atoms with E-state index in [-0.39, 0.29) is 0 Å². The van der Waals surface area contributed by atoms with Gasteiger partial charge in [0.1, 0.15) is 0 Å². The van der Waals surface area contributed by atoms with Gasteiger partial charge in [-0.25, -0.2) is 0 Å². The van der Waals surface area contributed by atoms with Crippen molar-refractivity contribution in [1.29, 1.82) is 0 Å². The van der Waals surface area contributed by atoms with E-state index in [1.54, 1.807) is 0 Å². The lowest BCUT2D eigenvalue weighted by Gasteiger charge is -2.16. The Kier molecular flexibility index (Phi) is 6.05. The van der Waals surface area contributed by atoms with Crippen LogP contribution >= 0.6 is 0 Å². The molecule has 3 rings (SSSR count). The summed E-state index contributed by atoms with van der Waals surface area (Å²) in [4.78, 5) is 4.25. The van der Waals surface area contributed by atoms with Crippen molar-refractivity contribution in [2.45, 2.75) is 0 Å². The summed E-state index contributed by atoms with van der Waals surface area (Å²) in [6.07, 6.45) is 2.00. The highest BCUT2D eigenvalue weighted by atomic mass is 15.1. The van der Waals surface area contributed by atoms with E-state index >= 15 is 0 Å². The van der Waals surface area contributed by atoms with Crippen LogP contribution in [0.25, 0.3) is 11.8 Å². The number of benzene rings is 3. The van der Waals surface area contributed by atoms with Crippen LogP contribution < -0.4 is 25.6 Å². The van der Waals surface area contributed by atoms with Gasteiger partial charge in [0.25, 0.3) is 0 Å². The quantitative estimate of drug-likeness (QED) is 0.744. The molecule has 3 nitrogen and oxygen atoms in total. The molecule has 0 heterocycles. The van der Waals surface area contributed by atoms with E-state index in [1.807, 2.05) is 13.2 Å². The predicted octanol–water partition coefficient (Wildman–Crippen LogP) is 3.02. The van der Waals surface area contributed by atoms with Gasteiger partial charge in [0, 0.05) is 52.8 Å². The largest absolute Gasteiger partial charge is 0.393 e. The van der Waals surface area contributed by atoms with Crippen molar-refractivity contribution >= 4 is 23.1 Å². The minimum absolute atomic E-state index is 1.16. The predicted molar refractivity (Wildman–Crippen MR) is 122 cm³/mol. The summed E-state index contributed by atoms with van der Waals surface area (Å²) in [6, 6.07) is 26.2. The Bertz CT molecular complexity index is 954. The van der Waals surface area contributed by atoms with Crippen molar-refractivity contribution in [3.63, 3.8) is 0 Å². The van der Waals surface area contributed by atoms with Crippen LogP contribution in [0, 0.1) is 0 Å².